The molecule has 2 atom stereocenters. The molecule has 0 bridgehead atoms. The Hall–Kier alpha value is -1.94. The number of hydrogen-bond acceptors (Lipinski definition) is 2. The quantitative estimate of drug-likeness (QED) is 0.850. The average molecular weight is 298 g/mol. The minimum absolute atomic E-state index is 0.0896. The molecule has 1 fully saturated rings. The molecule has 1 aliphatic rings. The molecule has 1 aromatic heterocycles. The number of aromatic nitrogens is 1. The number of amides is 1. The summed E-state index contributed by atoms with van der Waals surface area (Å²) in [4.78, 5) is 15.1. The SMILES string of the molecule is Cc1ccc(C2CC2NC(=O)c2ccc[nH]c2=S)cc1C. The van der Waals surface area contributed by atoms with Gasteiger partial charge < -0.3 is 10.3 Å². The Kier molecular flexibility index (Phi) is 3.64. The molecule has 1 saturated carbocycles. The smallest absolute Gasteiger partial charge is 0.254 e. The molecule has 108 valence electrons. The fourth-order valence-corrected chi connectivity index (χ4v) is 2.79. The van der Waals surface area contributed by atoms with Gasteiger partial charge in [-0.25, -0.2) is 0 Å². The number of carbonyl (C=O) groups is 1. The Morgan fingerprint density at radius 2 is 2.10 bits per heavy atom. The molecule has 2 unspecified atom stereocenters. The Labute approximate surface area is 129 Å². The predicted octanol–water partition coefficient (Wildman–Crippen LogP) is 3.65. The van der Waals surface area contributed by atoms with Crippen LogP contribution in [0.4, 0.5) is 0 Å². The van der Waals surface area contributed by atoms with Crippen molar-refractivity contribution in [2.45, 2.75) is 32.2 Å². The molecule has 0 aliphatic heterocycles. The molecule has 1 aromatic carbocycles. The third kappa shape index (κ3) is 2.90. The molecular weight excluding hydrogens is 280 g/mol. The van der Waals surface area contributed by atoms with Crippen LogP contribution in [-0.2, 0) is 0 Å². The summed E-state index contributed by atoms with van der Waals surface area (Å²) >= 11 is 5.14. The number of benzene rings is 1. The van der Waals surface area contributed by atoms with E-state index >= 15 is 0 Å². The number of pyridine rings is 1. The molecule has 0 saturated heterocycles. The molecular formula is C17H18N2OS. The predicted molar refractivity (Wildman–Crippen MR) is 86.2 cm³/mol. The van der Waals surface area contributed by atoms with Gasteiger partial charge in [0.2, 0.25) is 0 Å². The lowest BCUT2D eigenvalue weighted by atomic mass is 10.0. The van der Waals surface area contributed by atoms with Gasteiger partial charge in [-0.1, -0.05) is 30.4 Å². The second-order valence-electron chi connectivity index (χ2n) is 5.68. The molecule has 1 aliphatic carbocycles. The molecule has 0 radical (unpaired) electrons. The summed E-state index contributed by atoms with van der Waals surface area (Å²) in [7, 11) is 0. The van der Waals surface area contributed by atoms with Crippen molar-refractivity contribution in [3.8, 4) is 0 Å². The number of hydrogen-bond donors (Lipinski definition) is 2. The van der Waals surface area contributed by atoms with Crippen molar-refractivity contribution in [2.24, 2.45) is 0 Å². The van der Waals surface area contributed by atoms with Crippen LogP contribution < -0.4 is 5.32 Å². The van der Waals surface area contributed by atoms with E-state index in [0.29, 0.717) is 16.1 Å². The van der Waals surface area contributed by atoms with Crippen LogP contribution in [-0.4, -0.2) is 16.9 Å². The van der Waals surface area contributed by atoms with Gasteiger partial charge in [0, 0.05) is 18.2 Å². The van der Waals surface area contributed by atoms with Gasteiger partial charge in [0.15, 0.2) is 0 Å². The maximum absolute atomic E-state index is 12.2. The summed E-state index contributed by atoms with van der Waals surface area (Å²) in [5.74, 6) is 0.336. The van der Waals surface area contributed by atoms with Gasteiger partial charge >= 0.3 is 0 Å². The van der Waals surface area contributed by atoms with Crippen molar-refractivity contribution in [2.75, 3.05) is 0 Å². The van der Waals surface area contributed by atoms with Crippen molar-refractivity contribution in [1.82, 2.24) is 10.3 Å². The van der Waals surface area contributed by atoms with Gasteiger partial charge in [0.05, 0.1) is 5.56 Å². The first-order valence-corrected chi connectivity index (χ1v) is 7.53. The monoisotopic (exact) mass is 298 g/mol. The topological polar surface area (TPSA) is 44.9 Å². The van der Waals surface area contributed by atoms with E-state index < -0.39 is 0 Å². The second-order valence-corrected chi connectivity index (χ2v) is 6.09. The zero-order valence-corrected chi connectivity index (χ0v) is 13.0. The van der Waals surface area contributed by atoms with Gasteiger partial charge in [-0.3, -0.25) is 4.79 Å². The highest BCUT2D eigenvalue weighted by molar-refractivity contribution is 7.71. The number of aryl methyl sites for hydroxylation is 2. The second kappa shape index (κ2) is 5.45. The highest BCUT2D eigenvalue weighted by Gasteiger charge is 2.39. The molecule has 0 spiro atoms. The van der Waals surface area contributed by atoms with Gasteiger partial charge in [-0.15, -0.1) is 0 Å². The molecule has 1 amide bonds. The van der Waals surface area contributed by atoms with Gasteiger partial charge in [0.1, 0.15) is 4.64 Å². The van der Waals surface area contributed by atoms with Crippen LogP contribution in [0.3, 0.4) is 0 Å². The third-order valence-electron chi connectivity index (χ3n) is 4.13. The summed E-state index contributed by atoms with van der Waals surface area (Å²) in [6, 6.07) is 10.3. The molecule has 2 aromatic rings. The summed E-state index contributed by atoms with van der Waals surface area (Å²) in [5, 5.41) is 3.07. The van der Waals surface area contributed by atoms with Crippen molar-refractivity contribution in [3.63, 3.8) is 0 Å². The van der Waals surface area contributed by atoms with Crippen LogP contribution in [0.1, 0.15) is 39.4 Å². The van der Waals surface area contributed by atoms with Crippen LogP contribution in [0.5, 0.6) is 0 Å². The van der Waals surface area contributed by atoms with Crippen LogP contribution >= 0.6 is 12.2 Å². The molecule has 1 heterocycles. The maximum atomic E-state index is 12.2. The Balaban J connectivity index is 1.69. The summed E-state index contributed by atoms with van der Waals surface area (Å²) in [6.07, 6.45) is 2.73. The molecule has 3 rings (SSSR count). The highest BCUT2D eigenvalue weighted by atomic mass is 32.1. The van der Waals surface area contributed by atoms with E-state index in [9.17, 15) is 4.79 Å². The number of nitrogens with one attached hydrogen (secondary N) is 2. The summed E-state index contributed by atoms with van der Waals surface area (Å²) in [5.41, 5.74) is 4.45. The number of rotatable bonds is 3. The van der Waals surface area contributed by atoms with E-state index in [2.05, 4.69) is 42.3 Å². The summed E-state index contributed by atoms with van der Waals surface area (Å²) in [6.45, 7) is 4.24. The van der Waals surface area contributed by atoms with E-state index in [4.69, 9.17) is 12.2 Å². The number of H-pyrrole nitrogens is 1. The van der Waals surface area contributed by atoms with Crippen molar-refractivity contribution < 1.29 is 4.79 Å². The maximum Gasteiger partial charge on any atom is 0.254 e. The van der Waals surface area contributed by atoms with E-state index in [1.165, 1.54) is 16.7 Å². The highest BCUT2D eigenvalue weighted by Crippen LogP contribution is 2.41. The Morgan fingerprint density at radius 1 is 1.29 bits per heavy atom. The van der Waals surface area contributed by atoms with Crippen LogP contribution in [0.15, 0.2) is 36.5 Å². The normalized spacial score (nSPS) is 20.1. The fraction of sp³-hybridized carbons (Fsp3) is 0.294. The van der Waals surface area contributed by atoms with Crippen molar-refractivity contribution in [1.29, 1.82) is 0 Å². The zero-order chi connectivity index (χ0) is 15.0. The zero-order valence-electron chi connectivity index (χ0n) is 12.1. The number of aromatic amines is 1. The van der Waals surface area contributed by atoms with E-state index in [1.54, 1.807) is 18.3 Å². The van der Waals surface area contributed by atoms with Gasteiger partial charge in [-0.2, -0.15) is 0 Å². The Morgan fingerprint density at radius 3 is 2.81 bits per heavy atom. The van der Waals surface area contributed by atoms with Gasteiger partial charge in [0.25, 0.3) is 5.91 Å². The van der Waals surface area contributed by atoms with Crippen molar-refractivity contribution >= 4 is 18.1 Å². The van der Waals surface area contributed by atoms with E-state index in [0.717, 1.165) is 6.42 Å². The Bertz CT molecular complexity index is 750. The largest absolute Gasteiger partial charge is 0.352 e. The van der Waals surface area contributed by atoms with Gasteiger partial charge in [-0.05, 0) is 49.1 Å². The van der Waals surface area contributed by atoms with E-state index in [1.807, 2.05) is 0 Å². The minimum Gasteiger partial charge on any atom is -0.352 e. The van der Waals surface area contributed by atoms with Crippen molar-refractivity contribution in [3.05, 3.63) is 63.4 Å². The lowest BCUT2D eigenvalue weighted by molar-refractivity contribution is 0.0949. The average Bonchev–Trinajstić information content (AvgIpc) is 3.21. The lowest BCUT2D eigenvalue weighted by Gasteiger charge is -2.07. The van der Waals surface area contributed by atoms with Crippen LogP contribution in [0.25, 0.3) is 0 Å². The molecule has 21 heavy (non-hydrogen) atoms. The molecule has 3 nitrogen and oxygen atoms in total. The molecule has 4 heteroatoms. The first-order chi connectivity index (χ1) is 10.1. The van der Waals surface area contributed by atoms with Crippen LogP contribution in [0.2, 0.25) is 0 Å². The molecule has 2 N–H and O–H groups in total. The van der Waals surface area contributed by atoms with E-state index in [-0.39, 0.29) is 11.9 Å². The third-order valence-corrected chi connectivity index (χ3v) is 4.47. The van der Waals surface area contributed by atoms with Crippen LogP contribution in [0, 0.1) is 18.5 Å². The number of carbonyl (C=O) groups excluding carboxylic acids is 1. The standard InChI is InChI=1S/C17H18N2OS/c1-10-5-6-12(8-11(10)2)14-9-15(14)19-16(20)13-4-3-7-18-17(13)21/h3-8,14-15H,9H2,1-2H3,(H,18,21)(H,19,20). The first kappa shape index (κ1) is 14.0. The first-order valence-electron chi connectivity index (χ1n) is 7.12. The minimum atomic E-state index is -0.0896. The summed E-state index contributed by atoms with van der Waals surface area (Å²) < 4.78 is 0.485. The lowest BCUT2D eigenvalue weighted by Crippen LogP contribution is -2.27. The fourth-order valence-electron chi connectivity index (χ4n) is 2.56.